The van der Waals surface area contributed by atoms with Crippen LogP contribution in [0, 0.1) is 11.7 Å². The Bertz CT molecular complexity index is 444. The molecule has 2 N–H and O–H groups in total. The first kappa shape index (κ1) is 12.6. The highest BCUT2D eigenvalue weighted by Gasteiger charge is 2.32. The van der Waals surface area contributed by atoms with Gasteiger partial charge in [-0.25, -0.2) is 4.39 Å². The van der Waals surface area contributed by atoms with Crippen LogP contribution in [-0.2, 0) is 4.79 Å². The maximum absolute atomic E-state index is 13.8. The molecule has 1 aromatic carbocycles. The zero-order chi connectivity index (χ0) is 12.6. The van der Waals surface area contributed by atoms with Gasteiger partial charge in [-0.1, -0.05) is 23.2 Å². The normalized spacial score (nSPS) is 20.1. The highest BCUT2D eigenvalue weighted by molar-refractivity contribution is 6.36. The van der Waals surface area contributed by atoms with E-state index in [0.717, 1.165) is 6.07 Å². The summed E-state index contributed by atoms with van der Waals surface area (Å²) in [6.45, 7) is 0.794. The maximum atomic E-state index is 13.8. The molecular weight excluding hydrogens is 266 g/mol. The van der Waals surface area contributed by atoms with Crippen LogP contribution in [0.3, 0.4) is 0 Å². The number of carbonyl (C=O) groups excluding carboxylic acids is 1. The molecule has 0 spiro atoms. The molecular formula is C11H11Cl2FN2O. The molecule has 0 bridgehead atoms. The van der Waals surface area contributed by atoms with Crippen molar-refractivity contribution in [1.82, 2.24) is 0 Å². The summed E-state index contributed by atoms with van der Waals surface area (Å²) in [7, 11) is 0. The third-order valence-corrected chi connectivity index (χ3v) is 3.30. The van der Waals surface area contributed by atoms with E-state index >= 15 is 0 Å². The number of anilines is 1. The minimum atomic E-state index is -0.589. The van der Waals surface area contributed by atoms with Gasteiger partial charge >= 0.3 is 0 Å². The Hall–Kier alpha value is -0.840. The van der Waals surface area contributed by atoms with Gasteiger partial charge in [0.2, 0.25) is 5.91 Å². The summed E-state index contributed by atoms with van der Waals surface area (Å²) in [4.78, 5) is 13.1. The van der Waals surface area contributed by atoms with Crippen molar-refractivity contribution in [2.75, 3.05) is 18.0 Å². The quantitative estimate of drug-likeness (QED) is 0.902. The van der Waals surface area contributed by atoms with Crippen LogP contribution >= 0.6 is 23.2 Å². The maximum Gasteiger partial charge on any atom is 0.227 e. The third-order valence-electron chi connectivity index (χ3n) is 2.79. The zero-order valence-electron chi connectivity index (χ0n) is 8.92. The Morgan fingerprint density at radius 1 is 1.47 bits per heavy atom. The molecule has 1 aromatic rings. The second kappa shape index (κ2) is 4.80. The summed E-state index contributed by atoms with van der Waals surface area (Å²) in [6, 6.07) is 2.57. The minimum Gasteiger partial charge on any atom is -0.330 e. The van der Waals surface area contributed by atoms with Crippen molar-refractivity contribution in [3.63, 3.8) is 0 Å². The molecule has 3 nitrogen and oxygen atoms in total. The van der Waals surface area contributed by atoms with Crippen LogP contribution in [-0.4, -0.2) is 19.0 Å². The molecule has 0 aliphatic carbocycles. The highest BCUT2D eigenvalue weighted by atomic mass is 35.5. The molecule has 92 valence electrons. The topological polar surface area (TPSA) is 46.3 Å². The molecule has 1 heterocycles. The van der Waals surface area contributed by atoms with E-state index in [4.69, 9.17) is 28.9 Å². The predicted octanol–water partition coefficient (Wildman–Crippen LogP) is 2.44. The lowest BCUT2D eigenvalue weighted by molar-refractivity contribution is -0.117. The number of hydrogen-bond donors (Lipinski definition) is 1. The zero-order valence-corrected chi connectivity index (χ0v) is 10.4. The second-order valence-electron chi connectivity index (χ2n) is 4.03. The van der Waals surface area contributed by atoms with Crippen molar-refractivity contribution in [2.45, 2.75) is 6.42 Å². The van der Waals surface area contributed by atoms with E-state index in [-0.39, 0.29) is 27.6 Å². The van der Waals surface area contributed by atoms with Crippen LogP contribution in [0.2, 0.25) is 10.0 Å². The van der Waals surface area contributed by atoms with Crippen molar-refractivity contribution >= 4 is 34.8 Å². The monoisotopic (exact) mass is 276 g/mol. The summed E-state index contributed by atoms with van der Waals surface area (Å²) >= 11 is 11.6. The first-order valence-electron chi connectivity index (χ1n) is 5.18. The molecule has 1 unspecified atom stereocenters. The fourth-order valence-electron chi connectivity index (χ4n) is 1.95. The number of hydrogen-bond acceptors (Lipinski definition) is 2. The Morgan fingerprint density at radius 3 is 2.71 bits per heavy atom. The van der Waals surface area contributed by atoms with Crippen LogP contribution < -0.4 is 10.6 Å². The average Bonchev–Trinajstić information content (AvgIpc) is 2.59. The van der Waals surface area contributed by atoms with Gasteiger partial charge in [0, 0.05) is 18.0 Å². The van der Waals surface area contributed by atoms with Gasteiger partial charge in [-0.05, 0) is 24.6 Å². The van der Waals surface area contributed by atoms with Gasteiger partial charge in [-0.15, -0.1) is 0 Å². The van der Waals surface area contributed by atoms with Crippen LogP contribution in [0.25, 0.3) is 0 Å². The molecule has 1 fully saturated rings. The van der Waals surface area contributed by atoms with Gasteiger partial charge in [-0.2, -0.15) is 0 Å². The Balaban J connectivity index is 2.38. The Kier molecular flexibility index (Phi) is 3.56. The molecule has 1 amide bonds. The lowest BCUT2D eigenvalue weighted by Crippen LogP contribution is -2.27. The molecule has 1 aliphatic heterocycles. The second-order valence-corrected chi connectivity index (χ2v) is 4.87. The third kappa shape index (κ3) is 2.39. The molecule has 0 aromatic heterocycles. The van der Waals surface area contributed by atoms with Gasteiger partial charge in [-0.3, -0.25) is 4.79 Å². The van der Waals surface area contributed by atoms with Gasteiger partial charge in [0.25, 0.3) is 0 Å². The van der Waals surface area contributed by atoms with E-state index in [1.807, 2.05) is 0 Å². The largest absolute Gasteiger partial charge is 0.330 e. The number of halogens is 3. The first-order valence-corrected chi connectivity index (χ1v) is 5.93. The van der Waals surface area contributed by atoms with Crippen molar-refractivity contribution < 1.29 is 9.18 Å². The lowest BCUT2D eigenvalue weighted by atomic mass is 10.1. The molecule has 1 atom stereocenters. The first-order chi connectivity index (χ1) is 8.02. The Labute approximate surface area is 108 Å². The van der Waals surface area contributed by atoms with Crippen LogP contribution in [0.4, 0.5) is 10.1 Å². The molecule has 6 heteroatoms. The summed E-state index contributed by atoms with van der Waals surface area (Å²) in [5.74, 6) is -0.703. The van der Waals surface area contributed by atoms with Crippen molar-refractivity contribution in [2.24, 2.45) is 11.7 Å². The predicted molar refractivity (Wildman–Crippen MR) is 65.9 cm³/mol. The van der Waals surface area contributed by atoms with Crippen molar-refractivity contribution in [1.29, 1.82) is 0 Å². The summed E-state index contributed by atoms with van der Waals surface area (Å²) in [6.07, 6.45) is 0.328. The van der Waals surface area contributed by atoms with Gasteiger partial charge in [0.05, 0.1) is 10.7 Å². The summed E-state index contributed by atoms with van der Waals surface area (Å²) in [5, 5.41) is 0.347. The van der Waals surface area contributed by atoms with E-state index in [1.165, 1.54) is 11.0 Å². The molecule has 1 saturated heterocycles. The van der Waals surface area contributed by atoms with Gasteiger partial charge in [0.1, 0.15) is 5.82 Å². The number of amides is 1. The number of nitrogens with two attached hydrogens (primary N) is 1. The SMILES string of the molecule is NCC1CC(=O)N(c2c(F)cc(Cl)cc2Cl)C1. The van der Waals surface area contributed by atoms with Crippen LogP contribution in [0.15, 0.2) is 12.1 Å². The van der Waals surface area contributed by atoms with Crippen molar-refractivity contribution in [3.05, 3.63) is 28.0 Å². The van der Waals surface area contributed by atoms with E-state index in [9.17, 15) is 9.18 Å². The average molecular weight is 277 g/mol. The smallest absolute Gasteiger partial charge is 0.227 e. The number of rotatable bonds is 2. The fraction of sp³-hybridized carbons (Fsp3) is 0.364. The van der Waals surface area contributed by atoms with E-state index < -0.39 is 5.82 Å². The van der Waals surface area contributed by atoms with Gasteiger partial charge in [0.15, 0.2) is 0 Å². The molecule has 2 rings (SSSR count). The Morgan fingerprint density at radius 2 is 2.18 bits per heavy atom. The molecule has 17 heavy (non-hydrogen) atoms. The van der Waals surface area contributed by atoms with E-state index in [1.54, 1.807) is 0 Å². The number of nitrogens with zero attached hydrogens (tertiary/aromatic N) is 1. The van der Waals surface area contributed by atoms with Crippen molar-refractivity contribution in [3.8, 4) is 0 Å². The number of benzene rings is 1. The number of carbonyl (C=O) groups is 1. The molecule has 0 radical (unpaired) electrons. The molecule has 1 aliphatic rings. The van der Waals surface area contributed by atoms with E-state index in [2.05, 4.69) is 0 Å². The standard InChI is InChI=1S/C11H11Cl2FN2O/c12-7-2-8(13)11(9(14)3-7)16-5-6(4-15)1-10(16)17/h2-3,6H,1,4-5,15H2. The fourth-order valence-corrected chi connectivity index (χ4v) is 2.52. The lowest BCUT2D eigenvalue weighted by Gasteiger charge is -2.19. The van der Waals surface area contributed by atoms with Crippen LogP contribution in [0.5, 0.6) is 0 Å². The van der Waals surface area contributed by atoms with Gasteiger partial charge < -0.3 is 10.6 Å². The summed E-state index contributed by atoms with van der Waals surface area (Å²) in [5.41, 5.74) is 5.60. The van der Waals surface area contributed by atoms with Crippen LogP contribution in [0.1, 0.15) is 6.42 Å². The summed E-state index contributed by atoms with van der Waals surface area (Å²) < 4.78 is 13.8. The molecule has 0 saturated carbocycles. The minimum absolute atomic E-state index is 0.0497. The van der Waals surface area contributed by atoms with E-state index in [0.29, 0.717) is 19.5 Å². The highest BCUT2D eigenvalue weighted by Crippen LogP contribution is 2.35.